The van der Waals surface area contributed by atoms with E-state index in [1.165, 1.54) is 164 Å². The minimum atomic E-state index is 0.0542. The Kier molecular flexibility index (Phi) is 18.9. The molecule has 5 heteroatoms. The largest absolute Gasteiger partial charge is 0.365 e. The molecule has 2 heterocycles. The molecule has 6 rings (SSSR count). The van der Waals surface area contributed by atoms with Gasteiger partial charge in [0, 0.05) is 35.9 Å². The molecule has 2 aromatic heterocycles. The molecule has 0 N–H and O–H groups in total. The molecule has 2 aliphatic rings. The van der Waals surface area contributed by atoms with Crippen LogP contribution in [0, 0.1) is 23.7 Å². The lowest BCUT2D eigenvalue weighted by atomic mass is 9.75. The Labute approximate surface area is 359 Å². The number of rotatable bonds is 24. The minimum absolute atomic E-state index is 0.0542. The topological polar surface area (TPSA) is 60.8 Å². The van der Waals surface area contributed by atoms with Gasteiger partial charge in [-0.05, 0) is 97.3 Å². The van der Waals surface area contributed by atoms with Crippen LogP contribution in [0.4, 0.5) is 0 Å². The van der Waals surface area contributed by atoms with Gasteiger partial charge in [-0.25, -0.2) is 19.9 Å². The van der Waals surface area contributed by atoms with E-state index in [9.17, 15) is 0 Å². The Morgan fingerprint density at radius 2 is 0.797 bits per heavy atom. The Balaban J connectivity index is 1.21. The average molecular weight is 799 g/mol. The fraction of sp³-hybridized carbons (Fsp3) is 0.630. The van der Waals surface area contributed by atoms with E-state index in [0.717, 1.165) is 47.5 Å². The highest BCUT2D eigenvalue weighted by atomic mass is 16.5. The van der Waals surface area contributed by atoms with Gasteiger partial charge in [-0.2, -0.15) is 0 Å². The molecule has 2 aliphatic carbocycles. The van der Waals surface area contributed by atoms with Crippen molar-refractivity contribution in [3.8, 4) is 22.8 Å². The van der Waals surface area contributed by atoms with Crippen molar-refractivity contribution in [1.82, 2.24) is 19.9 Å². The summed E-state index contributed by atoms with van der Waals surface area (Å²) in [5.41, 5.74) is 7.25. The van der Waals surface area contributed by atoms with Crippen molar-refractivity contribution < 1.29 is 4.74 Å². The Hall–Kier alpha value is -3.44. The second-order valence-electron chi connectivity index (χ2n) is 18.5. The van der Waals surface area contributed by atoms with E-state index in [4.69, 9.17) is 24.7 Å². The van der Waals surface area contributed by atoms with Crippen LogP contribution in [0.2, 0.25) is 0 Å². The van der Waals surface area contributed by atoms with Crippen LogP contribution in [-0.4, -0.2) is 19.9 Å². The van der Waals surface area contributed by atoms with Crippen LogP contribution in [0.5, 0.6) is 0 Å². The summed E-state index contributed by atoms with van der Waals surface area (Å²) < 4.78 is 7.68. The van der Waals surface area contributed by atoms with Crippen molar-refractivity contribution in [1.29, 1.82) is 0 Å². The van der Waals surface area contributed by atoms with Gasteiger partial charge in [0.15, 0.2) is 11.6 Å². The van der Waals surface area contributed by atoms with E-state index in [1.54, 1.807) is 0 Å². The third kappa shape index (κ3) is 13.8. The summed E-state index contributed by atoms with van der Waals surface area (Å²) in [5.74, 6) is 4.36. The van der Waals surface area contributed by atoms with Crippen molar-refractivity contribution >= 4 is 0 Å². The highest BCUT2D eigenvalue weighted by molar-refractivity contribution is 5.56. The first-order valence-electron chi connectivity index (χ1n) is 24.6. The highest BCUT2D eigenvalue weighted by Crippen LogP contribution is 2.47. The average Bonchev–Trinajstić information content (AvgIpc) is 3.28. The van der Waals surface area contributed by atoms with Gasteiger partial charge in [0.2, 0.25) is 0 Å². The third-order valence-electron chi connectivity index (χ3n) is 13.9. The monoisotopic (exact) mass is 799 g/mol. The molecule has 2 aromatic carbocycles. The molecule has 5 nitrogen and oxygen atoms in total. The van der Waals surface area contributed by atoms with Crippen LogP contribution < -0.4 is 0 Å². The van der Waals surface area contributed by atoms with Gasteiger partial charge in [0.1, 0.15) is 0 Å². The summed E-state index contributed by atoms with van der Waals surface area (Å²) in [5, 5.41) is 0. The quantitative estimate of drug-likeness (QED) is 0.0661. The maximum atomic E-state index is 7.68. The number of ether oxygens (including phenoxy) is 1. The van der Waals surface area contributed by atoms with Crippen LogP contribution in [0.25, 0.3) is 22.8 Å². The number of aromatic nitrogens is 4. The summed E-state index contributed by atoms with van der Waals surface area (Å²) in [6.07, 6.45) is 38.7. The van der Waals surface area contributed by atoms with Crippen molar-refractivity contribution in [2.75, 3.05) is 0 Å². The van der Waals surface area contributed by atoms with Gasteiger partial charge >= 0.3 is 0 Å². The lowest BCUT2D eigenvalue weighted by Crippen LogP contribution is -2.28. The molecule has 59 heavy (non-hydrogen) atoms. The summed E-state index contributed by atoms with van der Waals surface area (Å²) in [7, 11) is 0. The molecule has 0 spiro atoms. The summed E-state index contributed by atoms with van der Waals surface area (Å²) in [4.78, 5) is 19.3. The molecule has 0 bridgehead atoms. The zero-order chi connectivity index (χ0) is 41.1. The van der Waals surface area contributed by atoms with Gasteiger partial charge in [-0.1, -0.05) is 179 Å². The highest BCUT2D eigenvalue weighted by Gasteiger charge is 2.36. The van der Waals surface area contributed by atoms with E-state index in [0.29, 0.717) is 11.8 Å². The Morgan fingerprint density at radius 1 is 0.441 bits per heavy atom. The molecule has 2 atom stereocenters. The van der Waals surface area contributed by atoms with E-state index < -0.39 is 0 Å². The SMILES string of the molecule is CCCCCCCc1cnc(-c2ccc(C(OC(c3ccc(-c4ncc(CCCCCCC)cn4)cc3)C3CCC(CCC)CC3)C3CCC(CCC)CC3)cc2)nc1. The normalized spacial score (nSPS) is 20.7. The maximum Gasteiger partial charge on any atom is 0.159 e. The number of hydrogen-bond acceptors (Lipinski definition) is 5. The van der Waals surface area contributed by atoms with Gasteiger partial charge in [-0.15, -0.1) is 0 Å². The van der Waals surface area contributed by atoms with Crippen molar-refractivity contribution in [3.05, 3.63) is 95.6 Å². The minimum Gasteiger partial charge on any atom is -0.365 e. The molecule has 0 radical (unpaired) electrons. The predicted molar refractivity (Wildman–Crippen MR) is 247 cm³/mol. The number of aryl methyl sites for hydroxylation is 2. The Morgan fingerprint density at radius 3 is 1.14 bits per heavy atom. The van der Waals surface area contributed by atoms with Gasteiger partial charge in [0.05, 0.1) is 12.2 Å². The van der Waals surface area contributed by atoms with Crippen LogP contribution in [0.3, 0.4) is 0 Å². The smallest absolute Gasteiger partial charge is 0.159 e. The van der Waals surface area contributed by atoms with Gasteiger partial charge in [-0.3, -0.25) is 0 Å². The lowest BCUT2D eigenvalue weighted by Gasteiger charge is -2.40. The van der Waals surface area contributed by atoms with Crippen LogP contribution in [-0.2, 0) is 17.6 Å². The standard InChI is InChI=1S/C54H78N4O/c1-5-9-11-13-15-19-43-37-55-53(56-38-43)49-33-29-47(30-34-49)51(45-25-21-41(17-7-3)22-26-45)59-52(46-27-23-42(18-8-4)24-28-46)48-31-35-50(36-32-48)54-57-39-44(40-58-54)20-16-14-12-10-6-2/h29-42,45-46,51-52H,5-28H2,1-4H3. The molecule has 0 aliphatic heterocycles. The molecule has 0 amide bonds. The lowest BCUT2D eigenvalue weighted by molar-refractivity contribution is -0.0907. The molecule has 4 aromatic rings. The van der Waals surface area contributed by atoms with E-state index in [-0.39, 0.29) is 12.2 Å². The number of unbranched alkanes of at least 4 members (excludes halogenated alkanes) is 8. The number of hydrogen-bond donors (Lipinski definition) is 0. The maximum absolute atomic E-state index is 7.68. The summed E-state index contributed by atoms with van der Waals surface area (Å²) in [6, 6.07) is 18.3. The van der Waals surface area contributed by atoms with Gasteiger partial charge in [0.25, 0.3) is 0 Å². The molecular formula is C54H78N4O. The van der Waals surface area contributed by atoms with E-state index in [2.05, 4.69) is 76.2 Å². The van der Waals surface area contributed by atoms with Crippen molar-refractivity contribution in [2.45, 2.75) is 194 Å². The molecule has 2 saturated carbocycles. The number of benzene rings is 2. The predicted octanol–water partition coefficient (Wildman–Crippen LogP) is 15.6. The second-order valence-corrected chi connectivity index (χ2v) is 18.5. The zero-order valence-corrected chi connectivity index (χ0v) is 37.6. The fourth-order valence-electron chi connectivity index (χ4n) is 10.2. The van der Waals surface area contributed by atoms with Crippen LogP contribution >= 0.6 is 0 Å². The summed E-state index contributed by atoms with van der Waals surface area (Å²) in [6.45, 7) is 9.23. The Bertz CT molecular complexity index is 1580. The molecule has 2 fully saturated rings. The molecular weight excluding hydrogens is 721 g/mol. The van der Waals surface area contributed by atoms with E-state index >= 15 is 0 Å². The summed E-state index contributed by atoms with van der Waals surface area (Å²) >= 11 is 0. The van der Waals surface area contributed by atoms with E-state index in [1.807, 2.05) is 24.8 Å². The van der Waals surface area contributed by atoms with Crippen LogP contribution in [0.15, 0.2) is 73.3 Å². The fourth-order valence-corrected chi connectivity index (χ4v) is 10.2. The molecule has 0 saturated heterocycles. The first-order chi connectivity index (χ1) is 29.1. The van der Waals surface area contributed by atoms with Gasteiger partial charge < -0.3 is 4.74 Å². The second kappa shape index (κ2) is 24.7. The molecule has 2 unspecified atom stereocenters. The third-order valence-corrected chi connectivity index (χ3v) is 13.9. The van der Waals surface area contributed by atoms with Crippen molar-refractivity contribution in [2.24, 2.45) is 23.7 Å². The zero-order valence-electron chi connectivity index (χ0n) is 37.6. The van der Waals surface area contributed by atoms with Crippen LogP contribution in [0.1, 0.15) is 203 Å². The first kappa shape index (κ1) is 45.1. The molecule has 320 valence electrons. The first-order valence-corrected chi connectivity index (χ1v) is 24.6. The van der Waals surface area contributed by atoms with Crippen molar-refractivity contribution in [3.63, 3.8) is 0 Å². The number of nitrogens with zero attached hydrogens (tertiary/aromatic N) is 4.